The van der Waals surface area contributed by atoms with Crippen LogP contribution in [-0.4, -0.2) is 21.9 Å². The van der Waals surface area contributed by atoms with Crippen LogP contribution < -0.4 is 0 Å². The Morgan fingerprint density at radius 3 is 1.88 bits per heavy atom. The Kier molecular flexibility index (Phi) is 4.00. The molecule has 0 heterocycles. The van der Waals surface area contributed by atoms with E-state index in [1.54, 1.807) is 27.8 Å². The lowest BCUT2D eigenvalue weighted by atomic mass is 9.49. The summed E-state index contributed by atoms with van der Waals surface area (Å²) in [4.78, 5) is 0. The molecule has 0 aliphatic carbocycles. The lowest BCUT2D eigenvalue weighted by molar-refractivity contribution is -0.137. The van der Waals surface area contributed by atoms with Crippen molar-refractivity contribution < 1.29 is 13.2 Å². The van der Waals surface area contributed by atoms with Gasteiger partial charge in [-0.3, -0.25) is 0 Å². The first-order chi connectivity index (χ1) is 7.62. The summed E-state index contributed by atoms with van der Waals surface area (Å²) in [7, 11) is 3.26. The van der Waals surface area contributed by atoms with Crippen LogP contribution in [0.5, 0.6) is 0 Å². The third kappa shape index (κ3) is 4.14. The van der Waals surface area contributed by atoms with Crippen molar-refractivity contribution in [3.8, 4) is 0 Å². The Hall–Kier alpha value is -0.860. The van der Waals surface area contributed by atoms with Gasteiger partial charge in [0, 0.05) is 6.42 Å². The van der Waals surface area contributed by atoms with Gasteiger partial charge in [-0.05, 0) is 11.5 Å². The predicted molar refractivity (Wildman–Crippen MR) is 70.0 cm³/mol. The fourth-order valence-electron chi connectivity index (χ4n) is 1.92. The first-order valence-electron chi connectivity index (χ1n) is 5.79. The molecule has 0 aliphatic rings. The van der Waals surface area contributed by atoms with E-state index in [0.717, 1.165) is 11.1 Å². The van der Waals surface area contributed by atoms with Crippen LogP contribution in [0.3, 0.4) is 0 Å². The van der Waals surface area contributed by atoms with Gasteiger partial charge < -0.3 is 0 Å². The minimum Gasteiger partial charge on any atom is -0.171 e. The Bertz CT molecular complexity index is 366. The molecular weight excluding hydrogens is 223 g/mol. The van der Waals surface area contributed by atoms with Gasteiger partial charge in [0.05, 0.1) is 0 Å². The quantitative estimate of drug-likeness (QED) is 0.710. The van der Waals surface area contributed by atoms with Gasteiger partial charge in [0.15, 0.2) is 0 Å². The molecule has 5 heteroatoms. The van der Waals surface area contributed by atoms with E-state index in [0.29, 0.717) is 5.92 Å². The van der Waals surface area contributed by atoms with E-state index in [4.69, 9.17) is 0 Å². The molecule has 0 amide bonds. The van der Waals surface area contributed by atoms with Crippen LogP contribution in [0.4, 0.5) is 13.2 Å². The van der Waals surface area contributed by atoms with Crippen molar-refractivity contribution in [2.75, 3.05) is 0 Å². The summed E-state index contributed by atoms with van der Waals surface area (Å²) in [6, 6.07) is 7.44. The van der Waals surface area contributed by atoms with E-state index < -0.39 is 17.8 Å². The summed E-state index contributed by atoms with van der Waals surface area (Å²) in [5.74, 6) is 0.398. The van der Waals surface area contributed by atoms with Gasteiger partial charge >= 0.3 is 6.18 Å². The standard InChI is InChI=1S/C12H17B2F3/c1-8(2)9-3-5-10(6-4-9)11(13,14)7-12(15,16)17/h3-6,8H,7,13-14H2,1-2H3. The summed E-state index contributed by atoms with van der Waals surface area (Å²) in [5.41, 5.74) is 1.88. The molecule has 1 aromatic carbocycles. The monoisotopic (exact) mass is 240 g/mol. The van der Waals surface area contributed by atoms with Crippen molar-refractivity contribution in [2.24, 2.45) is 0 Å². The molecule has 0 fully saturated rings. The SMILES string of the molecule is BC(B)(CC(F)(F)F)c1ccc(C(C)C)cc1. The van der Waals surface area contributed by atoms with Gasteiger partial charge in [-0.15, -0.1) is 0 Å². The maximum atomic E-state index is 12.4. The normalized spacial score (nSPS) is 13.1. The predicted octanol–water partition coefficient (Wildman–Crippen LogP) is 2.18. The minimum absolute atomic E-state index is 0.398. The maximum absolute atomic E-state index is 12.4. The highest BCUT2D eigenvalue weighted by atomic mass is 19.4. The fourth-order valence-corrected chi connectivity index (χ4v) is 1.92. The van der Waals surface area contributed by atoms with Crippen molar-refractivity contribution in [3.63, 3.8) is 0 Å². The lowest BCUT2D eigenvalue weighted by Crippen LogP contribution is -2.33. The zero-order valence-corrected chi connectivity index (χ0v) is 10.7. The molecule has 0 spiro atoms. The van der Waals surface area contributed by atoms with Crippen LogP contribution in [0, 0.1) is 0 Å². The molecule has 0 aliphatic heterocycles. The van der Waals surface area contributed by atoms with Crippen LogP contribution in [0.15, 0.2) is 24.3 Å². The highest BCUT2D eigenvalue weighted by Crippen LogP contribution is 2.32. The van der Waals surface area contributed by atoms with Crippen molar-refractivity contribution in [1.82, 2.24) is 0 Å². The molecule has 1 aromatic rings. The Labute approximate surface area is 102 Å². The summed E-state index contributed by atoms with van der Waals surface area (Å²) in [6.07, 6.45) is -4.92. The van der Waals surface area contributed by atoms with Crippen LogP contribution >= 0.6 is 0 Å². The summed E-state index contributed by atoms with van der Waals surface area (Å²) in [6.45, 7) is 4.13. The molecule has 92 valence electrons. The molecule has 0 nitrogen and oxygen atoms in total. The second-order valence-electron chi connectivity index (χ2n) is 5.45. The third-order valence-corrected chi connectivity index (χ3v) is 3.00. The molecular formula is C12H17B2F3. The van der Waals surface area contributed by atoms with E-state index in [1.807, 2.05) is 12.1 Å². The molecule has 0 atom stereocenters. The highest BCUT2D eigenvalue weighted by molar-refractivity contribution is 6.40. The Morgan fingerprint density at radius 1 is 1.06 bits per heavy atom. The second-order valence-corrected chi connectivity index (χ2v) is 5.45. The topological polar surface area (TPSA) is 0 Å². The van der Waals surface area contributed by atoms with E-state index in [1.165, 1.54) is 0 Å². The number of rotatable bonds is 3. The van der Waals surface area contributed by atoms with Crippen molar-refractivity contribution in [2.45, 2.75) is 37.6 Å². The number of alkyl halides is 3. The van der Waals surface area contributed by atoms with Crippen LogP contribution in [-0.2, 0) is 5.21 Å². The summed E-state index contributed by atoms with van der Waals surface area (Å²) in [5, 5.41) is -0.867. The molecule has 0 saturated carbocycles. The zero-order chi connectivity index (χ0) is 13.3. The van der Waals surface area contributed by atoms with Gasteiger partial charge in [-0.25, -0.2) is 0 Å². The Morgan fingerprint density at radius 2 is 1.53 bits per heavy atom. The van der Waals surface area contributed by atoms with Crippen molar-refractivity contribution >= 4 is 15.7 Å². The van der Waals surface area contributed by atoms with Crippen molar-refractivity contribution in [1.29, 1.82) is 0 Å². The molecule has 0 radical (unpaired) electrons. The number of hydrogen-bond donors (Lipinski definition) is 0. The molecule has 0 aromatic heterocycles. The molecule has 0 N–H and O–H groups in total. The first-order valence-corrected chi connectivity index (χ1v) is 5.79. The molecule has 17 heavy (non-hydrogen) atoms. The Balaban J connectivity index is 2.92. The van der Waals surface area contributed by atoms with Crippen LogP contribution in [0.2, 0.25) is 0 Å². The smallest absolute Gasteiger partial charge is 0.171 e. The van der Waals surface area contributed by atoms with Gasteiger partial charge in [0.25, 0.3) is 0 Å². The zero-order valence-electron chi connectivity index (χ0n) is 10.7. The van der Waals surface area contributed by atoms with Gasteiger partial charge in [0.1, 0.15) is 15.7 Å². The van der Waals surface area contributed by atoms with Gasteiger partial charge in [0.2, 0.25) is 0 Å². The fraction of sp³-hybridized carbons (Fsp3) is 0.500. The molecule has 0 saturated heterocycles. The van der Waals surface area contributed by atoms with Crippen LogP contribution in [0.1, 0.15) is 37.3 Å². The summed E-state index contributed by atoms with van der Waals surface area (Å²) < 4.78 is 37.3. The van der Waals surface area contributed by atoms with Gasteiger partial charge in [-0.1, -0.05) is 48.9 Å². The molecule has 1 rings (SSSR count). The van der Waals surface area contributed by atoms with Gasteiger partial charge in [-0.2, -0.15) is 13.2 Å². The number of benzene rings is 1. The maximum Gasteiger partial charge on any atom is 0.388 e. The molecule has 0 unspecified atom stereocenters. The summed E-state index contributed by atoms with van der Waals surface area (Å²) >= 11 is 0. The first kappa shape index (κ1) is 14.2. The third-order valence-electron chi connectivity index (χ3n) is 3.00. The van der Waals surface area contributed by atoms with Crippen LogP contribution in [0.25, 0.3) is 0 Å². The minimum atomic E-state index is -4.12. The number of halogens is 3. The highest BCUT2D eigenvalue weighted by Gasteiger charge is 2.37. The van der Waals surface area contributed by atoms with E-state index in [-0.39, 0.29) is 0 Å². The average Bonchev–Trinajstić information content (AvgIpc) is 2.14. The van der Waals surface area contributed by atoms with E-state index in [2.05, 4.69) is 13.8 Å². The van der Waals surface area contributed by atoms with E-state index in [9.17, 15) is 13.2 Å². The lowest BCUT2D eigenvalue weighted by Gasteiger charge is -2.27. The second kappa shape index (κ2) is 4.79. The number of hydrogen-bond acceptors (Lipinski definition) is 0. The molecule has 0 bridgehead atoms. The largest absolute Gasteiger partial charge is 0.388 e. The van der Waals surface area contributed by atoms with E-state index >= 15 is 0 Å². The van der Waals surface area contributed by atoms with Crippen molar-refractivity contribution in [3.05, 3.63) is 35.4 Å². The average molecular weight is 240 g/mol.